The van der Waals surface area contributed by atoms with Gasteiger partial charge in [0.1, 0.15) is 22.9 Å². The second kappa shape index (κ2) is 6.95. The zero-order valence-electron chi connectivity index (χ0n) is 12.2. The Bertz CT molecular complexity index is 816. The summed E-state index contributed by atoms with van der Waals surface area (Å²) in [6.07, 6.45) is 6.10. The summed E-state index contributed by atoms with van der Waals surface area (Å²) in [6, 6.07) is 2.23. The third-order valence-electron chi connectivity index (χ3n) is 2.80. The van der Waals surface area contributed by atoms with Crippen LogP contribution in [0.15, 0.2) is 18.5 Å². The summed E-state index contributed by atoms with van der Waals surface area (Å²) in [5, 5.41) is -0.0568. The van der Waals surface area contributed by atoms with Gasteiger partial charge in [0.05, 0.1) is 22.4 Å². The Morgan fingerprint density at radius 1 is 1.35 bits per heavy atom. The second-order valence-electron chi connectivity index (χ2n) is 4.80. The third-order valence-corrected chi connectivity index (χ3v) is 3.47. The van der Waals surface area contributed by atoms with Crippen molar-refractivity contribution in [1.29, 1.82) is 0 Å². The summed E-state index contributed by atoms with van der Waals surface area (Å²) in [7, 11) is 0. The van der Waals surface area contributed by atoms with Gasteiger partial charge in [-0.15, -0.1) is 6.42 Å². The molecule has 0 spiro atoms. The minimum atomic E-state index is -0.695. The van der Waals surface area contributed by atoms with Crippen LogP contribution in [-0.2, 0) is 4.74 Å². The fraction of sp³-hybridized carbons (Fsp3) is 0.188. The Balaban J connectivity index is 2.61. The van der Waals surface area contributed by atoms with Crippen molar-refractivity contribution < 1.29 is 13.9 Å². The molecule has 0 N–H and O–H groups in total. The number of rotatable bonds is 3. The molecule has 118 valence electrons. The van der Waals surface area contributed by atoms with E-state index in [1.165, 1.54) is 6.07 Å². The number of esters is 1. The number of halogens is 3. The number of hydrogen-bond donors (Lipinski definition) is 0. The molecule has 0 amide bonds. The van der Waals surface area contributed by atoms with Crippen LogP contribution >= 0.6 is 23.2 Å². The van der Waals surface area contributed by atoms with Crippen molar-refractivity contribution in [1.82, 2.24) is 9.97 Å². The van der Waals surface area contributed by atoms with Crippen molar-refractivity contribution in [2.24, 2.45) is 0 Å². The number of aromatic nitrogens is 2. The molecule has 0 bridgehead atoms. The second-order valence-corrected chi connectivity index (χ2v) is 5.58. The molecule has 0 aliphatic carbocycles. The molecular weight excluding hydrogens is 342 g/mol. The zero-order valence-corrected chi connectivity index (χ0v) is 13.7. The Hall–Kier alpha value is -2.16. The van der Waals surface area contributed by atoms with Crippen molar-refractivity contribution in [2.45, 2.75) is 20.0 Å². The molecular formula is C16H11Cl2FN2O2. The maximum atomic E-state index is 14.3. The molecule has 0 radical (unpaired) electrons. The Labute approximate surface area is 142 Å². The van der Waals surface area contributed by atoms with Crippen molar-refractivity contribution in [3.8, 4) is 23.6 Å². The van der Waals surface area contributed by atoms with E-state index in [-0.39, 0.29) is 38.7 Å². The van der Waals surface area contributed by atoms with E-state index in [9.17, 15) is 9.18 Å². The van der Waals surface area contributed by atoms with Crippen molar-refractivity contribution in [2.75, 3.05) is 0 Å². The van der Waals surface area contributed by atoms with E-state index in [1.807, 2.05) is 0 Å². The summed E-state index contributed by atoms with van der Waals surface area (Å²) in [5.74, 6) is 0.909. The van der Waals surface area contributed by atoms with Crippen molar-refractivity contribution >= 4 is 29.2 Å². The molecule has 0 atom stereocenters. The van der Waals surface area contributed by atoms with Gasteiger partial charge in [0.25, 0.3) is 0 Å². The molecule has 0 aliphatic heterocycles. The Morgan fingerprint density at radius 3 is 2.65 bits per heavy atom. The normalized spacial score (nSPS) is 10.5. The first-order valence-corrected chi connectivity index (χ1v) is 7.28. The van der Waals surface area contributed by atoms with E-state index < -0.39 is 11.8 Å². The van der Waals surface area contributed by atoms with Gasteiger partial charge in [-0.05, 0) is 31.9 Å². The van der Waals surface area contributed by atoms with E-state index >= 15 is 0 Å². The van der Waals surface area contributed by atoms with E-state index in [2.05, 4.69) is 15.9 Å². The smallest absolute Gasteiger partial charge is 0.339 e. The molecule has 23 heavy (non-hydrogen) atoms. The lowest BCUT2D eigenvalue weighted by molar-refractivity contribution is 0.0378. The third kappa shape index (κ3) is 3.61. The van der Waals surface area contributed by atoms with Gasteiger partial charge < -0.3 is 4.74 Å². The topological polar surface area (TPSA) is 52.1 Å². The summed E-state index contributed by atoms with van der Waals surface area (Å²) in [6.45, 7) is 3.38. The SMILES string of the molecule is C#Cc1ncnc(-c2cc(C(=O)OC(C)C)c(Cl)cc2F)c1Cl. The zero-order chi connectivity index (χ0) is 17.1. The van der Waals surface area contributed by atoms with Crippen LogP contribution in [-0.4, -0.2) is 22.0 Å². The van der Waals surface area contributed by atoms with Gasteiger partial charge in [-0.25, -0.2) is 19.2 Å². The quantitative estimate of drug-likeness (QED) is 0.615. The van der Waals surface area contributed by atoms with E-state index in [0.717, 1.165) is 12.4 Å². The summed E-state index contributed by atoms with van der Waals surface area (Å²) in [4.78, 5) is 19.8. The van der Waals surface area contributed by atoms with Crippen LogP contribution in [0.2, 0.25) is 10.0 Å². The maximum absolute atomic E-state index is 14.3. The number of carbonyl (C=O) groups is 1. The molecule has 0 saturated carbocycles. The molecule has 0 fully saturated rings. The largest absolute Gasteiger partial charge is 0.459 e. The van der Waals surface area contributed by atoms with Crippen LogP contribution in [0.1, 0.15) is 29.9 Å². The van der Waals surface area contributed by atoms with Gasteiger partial charge in [0.2, 0.25) is 0 Å². The van der Waals surface area contributed by atoms with Crippen LogP contribution < -0.4 is 0 Å². The van der Waals surface area contributed by atoms with E-state index in [0.29, 0.717) is 0 Å². The van der Waals surface area contributed by atoms with Crippen LogP contribution in [0.25, 0.3) is 11.3 Å². The van der Waals surface area contributed by atoms with Crippen LogP contribution in [0.3, 0.4) is 0 Å². The Kier molecular flexibility index (Phi) is 5.19. The highest BCUT2D eigenvalue weighted by atomic mass is 35.5. The lowest BCUT2D eigenvalue weighted by atomic mass is 10.1. The highest BCUT2D eigenvalue weighted by Crippen LogP contribution is 2.32. The average Bonchev–Trinajstić information content (AvgIpc) is 2.47. The van der Waals surface area contributed by atoms with Crippen molar-refractivity contribution in [3.05, 3.63) is 45.6 Å². The van der Waals surface area contributed by atoms with E-state index in [1.54, 1.807) is 13.8 Å². The van der Waals surface area contributed by atoms with Gasteiger partial charge in [-0.2, -0.15) is 0 Å². The first-order valence-electron chi connectivity index (χ1n) is 6.52. The van der Waals surface area contributed by atoms with Gasteiger partial charge >= 0.3 is 5.97 Å². The minimum Gasteiger partial charge on any atom is -0.459 e. The lowest BCUT2D eigenvalue weighted by Gasteiger charge is -2.12. The first-order chi connectivity index (χ1) is 10.8. The summed E-state index contributed by atoms with van der Waals surface area (Å²) in [5.41, 5.74) is 0.183. The standard InChI is InChI=1S/C16H11Cl2FN2O2/c1-4-13-14(18)15(21-7-20-13)10-5-9(11(17)6-12(10)19)16(22)23-8(2)3/h1,5-8H,2-3H3. The molecule has 2 aromatic rings. The molecule has 1 aromatic heterocycles. The molecule has 4 nitrogen and oxygen atoms in total. The van der Waals surface area contributed by atoms with Gasteiger partial charge in [-0.3, -0.25) is 0 Å². The molecule has 0 saturated heterocycles. The van der Waals surface area contributed by atoms with Crippen molar-refractivity contribution in [3.63, 3.8) is 0 Å². The number of terminal acetylenes is 1. The number of benzene rings is 1. The highest BCUT2D eigenvalue weighted by molar-refractivity contribution is 6.35. The molecule has 2 rings (SSSR count). The van der Waals surface area contributed by atoms with Crippen LogP contribution in [0.5, 0.6) is 0 Å². The van der Waals surface area contributed by atoms with Crippen LogP contribution in [0, 0.1) is 18.2 Å². The minimum absolute atomic E-state index is 0.00806. The van der Waals surface area contributed by atoms with Gasteiger partial charge in [0, 0.05) is 5.56 Å². The predicted molar refractivity (Wildman–Crippen MR) is 85.9 cm³/mol. The van der Waals surface area contributed by atoms with Crippen LogP contribution in [0.4, 0.5) is 4.39 Å². The fourth-order valence-electron chi connectivity index (χ4n) is 1.82. The number of nitrogens with zero attached hydrogens (tertiary/aromatic N) is 2. The van der Waals surface area contributed by atoms with Gasteiger partial charge in [0.15, 0.2) is 0 Å². The maximum Gasteiger partial charge on any atom is 0.339 e. The lowest BCUT2D eigenvalue weighted by Crippen LogP contribution is -2.12. The Morgan fingerprint density at radius 2 is 2.04 bits per heavy atom. The highest BCUT2D eigenvalue weighted by Gasteiger charge is 2.20. The summed E-state index contributed by atoms with van der Waals surface area (Å²) >= 11 is 12.0. The summed E-state index contributed by atoms with van der Waals surface area (Å²) < 4.78 is 19.3. The predicted octanol–water partition coefficient (Wildman–Crippen LogP) is 4.14. The van der Waals surface area contributed by atoms with Gasteiger partial charge in [-0.1, -0.05) is 23.2 Å². The van der Waals surface area contributed by atoms with E-state index in [4.69, 9.17) is 34.4 Å². The first kappa shape index (κ1) is 17.2. The number of hydrogen-bond acceptors (Lipinski definition) is 4. The molecule has 0 aliphatic rings. The average molecular weight is 353 g/mol. The molecule has 0 unspecified atom stereocenters. The fourth-order valence-corrected chi connectivity index (χ4v) is 2.30. The number of ether oxygens (including phenoxy) is 1. The molecule has 7 heteroatoms. The monoisotopic (exact) mass is 352 g/mol. The number of carbonyl (C=O) groups excluding carboxylic acids is 1. The molecule has 1 aromatic carbocycles. The molecule has 1 heterocycles.